The maximum atomic E-state index is 4.22. The van der Waals surface area contributed by atoms with Gasteiger partial charge in [0, 0.05) is 12.4 Å². The average Bonchev–Trinajstić information content (AvgIpc) is 2.90. The molecule has 3 aromatic heterocycles. The van der Waals surface area contributed by atoms with Crippen LogP contribution in [0.4, 0.5) is 0 Å². The SMILES string of the molecule is c1ccc(-c2nnnn2-c2ccccn2)nc1. The van der Waals surface area contributed by atoms with Crippen LogP contribution in [0.15, 0.2) is 48.8 Å². The smallest absolute Gasteiger partial charge is 0.207 e. The molecule has 3 aromatic rings. The summed E-state index contributed by atoms with van der Waals surface area (Å²) >= 11 is 0. The summed E-state index contributed by atoms with van der Waals surface area (Å²) < 4.78 is 1.56. The quantitative estimate of drug-likeness (QED) is 0.652. The molecule has 0 aliphatic carbocycles. The molecule has 0 aliphatic heterocycles. The molecule has 0 spiro atoms. The topological polar surface area (TPSA) is 69.4 Å². The maximum Gasteiger partial charge on any atom is 0.207 e. The molecule has 0 saturated carbocycles. The molecule has 0 aliphatic rings. The highest BCUT2D eigenvalue weighted by Gasteiger charge is 2.11. The Bertz CT molecular complexity index is 550. The Kier molecular flexibility index (Phi) is 2.31. The third-order valence-corrected chi connectivity index (χ3v) is 2.23. The number of rotatable bonds is 2. The van der Waals surface area contributed by atoms with E-state index < -0.39 is 0 Å². The van der Waals surface area contributed by atoms with E-state index in [9.17, 15) is 0 Å². The zero-order valence-electron chi connectivity index (χ0n) is 8.80. The lowest BCUT2D eigenvalue weighted by Crippen LogP contribution is -2.02. The van der Waals surface area contributed by atoms with Crippen molar-refractivity contribution in [2.75, 3.05) is 0 Å². The predicted molar refractivity (Wildman–Crippen MR) is 60.2 cm³/mol. The highest BCUT2D eigenvalue weighted by atomic mass is 15.6. The second kappa shape index (κ2) is 4.09. The van der Waals surface area contributed by atoms with E-state index in [0.717, 1.165) is 0 Å². The number of tetrazole rings is 1. The highest BCUT2D eigenvalue weighted by Crippen LogP contribution is 2.14. The van der Waals surface area contributed by atoms with Crippen LogP contribution in [0, 0.1) is 0 Å². The molecular weight excluding hydrogens is 216 g/mol. The van der Waals surface area contributed by atoms with Crippen molar-refractivity contribution in [1.29, 1.82) is 0 Å². The lowest BCUT2D eigenvalue weighted by molar-refractivity contribution is 0.773. The largest absolute Gasteiger partial charge is 0.253 e. The molecule has 0 amide bonds. The minimum absolute atomic E-state index is 0.573. The molecule has 0 fully saturated rings. The number of nitrogens with zero attached hydrogens (tertiary/aromatic N) is 6. The first-order valence-electron chi connectivity index (χ1n) is 5.06. The number of hydrogen-bond acceptors (Lipinski definition) is 5. The van der Waals surface area contributed by atoms with Gasteiger partial charge in [-0.2, -0.15) is 4.68 Å². The van der Waals surface area contributed by atoms with Gasteiger partial charge in [-0.15, -0.1) is 5.10 Å². The fourth-order valence-electron chi connectivity index (χ4n) is 1.48. The van der Waals surface area contributed by atoms with Crippen LogP contribution in [-0.4, -0.2) is 30.2 Å². The minimum atomic E-state index is 0.573. The lowest BCUT2D eigenvalue weighted by atomic mass is 10.3. The molecule has 0 atom stereocenters. The summed E-state index contributed by atoms with van der Waals surface area (Å²) in [6.45, 7) is 0. The van der Waals surface area contributed by atoms with Crippen LogP contribution in [0.5, 0.6) is 0 Å². The van der Waals surface area contributed by atoms with E-state index >= 15 is 0 Å². The number of pyridine rings is 2. The maximum absolute atomic E-state index is 4.22. The van der Waals surface area contributed by atoms with Crippen molar-refractivity contribution in [3.63, 3.8) is 0 Å². The summed E-state index contributed by atoms with van der Waals surface area (Å²) in [4.78, 5) is 8.42. The van der Waals surface area contributed by atoms with Crippen molar-refractivity contribution in [2.24, 2.45) is 0 Å². The Morgan fingerprint density at radius 2 is 1.71 bits per heavy atom. The van der Waals surface area contributed by atoms with E-state index in [2.05, 4.69) is 25.5 Å². The monoisotopic (exact) mass is 224 g/mol. The molecular formula is C11H8N6. The van der Waals surface area contributed by atoms with Gasteiger partial charge < -0.3 is 0 Å². The van der Waals surface area contributed by atoms with Crippen LogP contribution in [-0.2, 0) is 0 Å². The minimum Gasteiger partial charge on any atom is -0.253 e. The van der Waals surface area contributed by atoms with Crippen LogP contribution in [0.3, 0.4) is 0 Å². The summed E-state index contributed by atoms with van der Waals surface area (Å²) in [6, 6.07) is 11.1. The molecule has 3 rings (SSSR count). The van der Waals surface area contributed by atoms with Crippen molar-refractivity contribution in [3.05, 3.63) is 48.8 Å². The van der Waals surface area contributed by atoms with Crippen molar-refractivity contribution in [1.82, 2.24) is 30.2 Å². The Morgan fingerprint density at radius 1 is 0.882 bits per heavy atom. The normalized spacial score (nSPS) is 10.4. The van der Waals surface area contributed by atoms with Gasteiger partial charge in [-0.3, -0.25) is 4.98 Å². The van der Waals surface area contributed by atoms with Crippen molar-refractivity contribution >= 4 is 0 Å². The van der Waals surface area contributed by atoms with Crippen molar-refractivity contribution in [2.45, 2.75) is 0 Å². The van der Waals surface area contributed by atoms with E-state index in [1.165, 1.54) is 0 Å². The van der Waals surface area contributed by atoms with Crippen LogP contribution in [0.1, 0.15) is 0 Å². The van der Waals surface area contributed by atoms with E-state index in [0.29, 0.717) is 17.3 Å². The van der Waals surface area contributed by atoms with Crippen molar-refractivity contribution in [3.8, 4) is 17.3 Å². The molecule has 0 saturated heterocycles. The third kappa shape index (κ3) is 1.76. The molecule has 0 N–H and O–H groups in total. The first kappa shape index (κ1) is 9.59. The highest BCUT2D eigenvalue weighted by molar-refractivity contribution is 5.50. The summed E-state index contributed by atoms with van der Waals surface area (Å²) in [7, 11) is 0. The van der Waals surface area contributed by atoms with E-state index in [1.54, 1.807) is 17.1 Å². The summed E-state index contributed by atoms with van der Waals surface area (Å²) in [5.41, 5.74) is 0.711. The van der Waals surface area contributed by atoms with E-state index in [4.69, 9.17) is 0 Å². The molecule has 0 aromatic carbocycles. The van der Waals surface area contributed by atoms with Crippen LogP contribution in [0.2, 0.25) is 0 Å². The van der Waals surface area contributed by atoms with E-state index in [1.807, 2.05) is 36.4 Å². The van der Waals surface area contributed by atoms with Gasteiger partial charge in [0.25, 0.3) is 0 Å². The van der Waals surface area contributed by atoms with Crippen LogP contribution < -0.4 is 0 Å². The third-order valence-electron chi connectivity index (χ3n) is 2.23. The van der Waals surface area contributed by atoms with Crippen LogP contribution >= 0.6 is 0 Å². The van der Waals surface area contributed by atoms with Gasteiger partial charge >= 0.3 is 0 Å². The molecule has 6 nitrogen and oxygen atoms in total. The summed E-state index contributed by atoms with van der Waals surface area (Å²) in [6.07, 6.45) is 3.39. The summed E-state index contributed by atoms with van der Waals surface area (Å²) in [5.74, 6) is 1.24. The fourth-order valence-corrected chi connectivity index (χ4v) is 1.48. The lowest BCUT2D eigenvalue weighted by Gasteiger charge is -2.01. The van der Waals surface area contributed by atoms with Gasteiger partial charge in [0.05, 0.1) is 0 Å². The first-order chi connectivity index (χ1) is 8.45. The van der Waals surface area contributed by atoms with Gasteiger partial charge in [-0.25, -0.2) is 4.98 Å². The first-order valence-corrected chi connectivity index (χ1v) is 5.06. The molecule has 6 heteroatoms. The Balaban J connectivity index is 2.13. The van der Waals surface area contributed by atoms with Crippen LogP contribution in [0.25, 0.3) is 17.3 Å². The molecule has 0 unspecified atom stereocenters. The van der Waals surface area contributed by atoms with Gasteiger partial charge in [-0.1, -0.05) is 12.1 Å². The second-order valence-corrected chi connectivity index (χ2v) is 3.32. The number of hydrogen-bond donors (Lipinski definition) is 0. The summed E-state index contributed by atoms with van der Waals surface area (Å²) in [5, 5.41) is 11.5. The predicted octanol–water partition coefficient (Wildman–Crippen LogP) is 1.12. The van der Waals surface area contributed by atoms with Gasteiger partial charge in [0.15, 0.2) is 5.82 Å². The molecule has 82 valence electrons. The molecule has 3 heterocycles. The Morgan fingerprint density at radius 3 is 2.41 bits per heavy atom. The van der Waals surface area contributed by atoms with Gasteiger partial charge in [0.1, 0.15) is 5.69 Å². The Labute approximate surface area is 97.0 Å². The Hall–Kier alpha value is -2.63. The second-order valence-electron chi connectivity index (χ2n) is 3.32. The van der Waals surface area contributed by atoms with E-state index in [-0.39, 0.29) is 0 Å². The molecule has 0 bridgehead atoms. The average molecular weight is 224 g/mol. The standard InChI is InChI=1S/C11H8N6/c1-3-7-12-9(5-1)11-14-15-16-17(11)10-6-2-4-8-13-10/h1-8H. The van der Waals surface area contributed by atoms with Gasteiger partial charge in [-0.05, 0) is 34.7 Å². The molecule has 17 heavy (non-hydrogen) atoms. The zero-order chi connectivity index (χ0) is 11.5. The zero-order valence-corrected chi connectivity index (χ0v) is 8.80. The van der Waals surface area contributed by atoms with Gasteiger partial charge in [0.2, 0.25) is 5.82 Å². The fraction of sp³-hybridized carbons (Fsp3) is 0. The van der Waals surface area contributed by atoms with Crippen molar-refractivity contribution < 1.29 is 0 Å². The number of aromatic nitrogens is 6. The molecule has 0 radical (unpaired) electrons.